The maximum absolute atomic E-state index is 10.8. The fourth-order valence-electron chi connectivity index (χ4n) is 3.62. The molecule has 2 unspecified atom stereocenters. The largest absolute Gasteiger partial charge is 0.384 e. The van der Waals surface area contributed by atoms with Crippen molar-refractivity contribution in [2.45, 2.75) is 44.6 Å². The second-order valence-electron chi connectivity index (χ2n) is 5.34. The average molecular weight is 220 g/mol. The lowest BCUT2D eigenvalue weighted by Crippen LogP contribution is -2.11. The summed E-state index contributed by atoms with van der Waals surface area (Å²) in [6.45, 7) is 2.11. The number of aryl methyl sites for hydroxylation is 2. The van der Waals surface area contributed by atoms with E-state index in [-0.39, 0.29) is 0 Å². The van der Waals surface area contributed by atoms with Gasteiger partial charge in [0.15, 0.2) is 0 Å². The Balaban J connectivity index is 1.97. The molecule has 0 aliphatic heterocycles. The van der Waals surface area contributed by atoms with Crippen molar-refractivity contribution in [2.75, 3.05) is 0 Å². The van der Waals surface area contributed by atoms with E-state index >= 15 is 0 Å². The number of aliphatic hydroxyl groups is 1. The molecule has 16 heavy (non-hydrogen) atoms. The van der Waals surface area contributed by atoms with Crippen molar-refractivity contribution >= 4 is 0 Å². The zero-order valence-corrected chi connectivity index (χ0v) is 10.1. The lowest BCUT2D eigenvalue weighted by molar-refractivity contribution is 0.117. The van der Waals surface area contributed by atoms with E-state index in [2.05, 4.69) is 12.0 Å². The highest BCUT2D eigenvalue weighted by Crippen LogP contribution is 2.64. The van der Waals surface area contributed by atoms with Crippen LogP contribution in [0.25, 0.3) is 0 Å². The van der Waals surface area contributed by atoms with E-state index < -0.39 is 5.60 Å². The fraction of sp³-hybridized carbons (Fsp3) is 0.769. The van der Waals surface area contributed by atoms with Crippen LogP contribution in [0.3, 0.4) is 0 Å². The number of hydrogen-bond donors (Lipinski definition) is 1. The Hall–Kier alpha value is -0.830. The molecule has 2 atom stereocenters. The molecule has 0 aromatic carbocycles. The Labute approximate surface area is 96.5 Å². The lowest BCUT2D eigenvalue weighted by atomic mass is 10.0. The summed E-state index contributed by atoms with van der Waals surface area (Å²) in [7, 11) is 1.94. The number of hydrogen-bond acceptors (Lipinski definition) is 2. The summed E-state index contributed by atoms with van der Waals surface area (Å²) in [5, 5.41) is 15.3. The predicted octanol–water partition coefficient (Wildman–Crippen LogP) is 1.99. The Bertz CT molecular complexity index is 398. The first-order valence-corrected chi connectivity index (χ1v) is 6.43. The van der Waals surface area contributed by atoms with Crippen molar-refractivity contribution in [3.05, 3.63) is 17.5 Å². The highest BCUT2D eigenvalue weighted by Gasteiger charge is 2.65. The van der Waals surface area contributed by atoms with Gasteiger partial charge in [0.05, 0.1) is 11.3 Å². The van der Waals surface area contributed by atoms with Gasteiger partial charge in [0, 0.05) is 18.8 Å². The standard InChI is InChI=1S/C13H20N2O/c1-3-12-11(8-15(2)14-12)13(16)9-6-4-5-7-10(9)13/h8-10,16H,3-7H2,1-2H3. The molecule has 1 aromatic heterocycles. The zero-order chi connectivity index (χ0) is 11.3. The number of fused-ring (bicyclic) bond motifs is 1. The molecule has 2 fully saturated rings. The van der Waals surface area contributed by atoms with E-state index in [1.54, 1.807) is 0 Å². The molecule has 1 aromatic rings. The zero-order valence-electron chi connectivity index (χ0n) is 10.1. The van der Waals surface area contributed by atoms with Crippen LogP contribution in [-0.2, 0) is 19.1 Å². The highest BCUT2D eigenvalue weighted by atomic mass is 16.3. The van der Waals surface area contributed by atoms with E-state index in [4.69, 9.17) is 0 Å². The van der Waals surface area contributed by atoms with Gasteiger partial charge in [-0.1, -0.05) is 19.8 Å². The van der Waals surface area contributed by atoms with Crippen LogP contribution in [0.4, 0.5) is 0 Å². The molecule has 1 N–H and O–H groups in total. The summed E-state index contributed by atoms with van der Waals surface area (Å²) in [6, 6.07) is 0. The normalized spacial score (nSPS) is 37.2. The van der Waals surface area contributed by atoms with Crippen molar-refractivity contribution in [3.63, 3.8) is 0 Å². The van der Waals surface area contributed by atoms with Gasteiger partial charge in [-0.3, -0.25) is 4.68 Å². The molecular formula is C13H20N2O. The minimum absolute atomic E-state index is 0.510. The topological polar surface area (TPSA) is 38.0 Å². The summed E-state index contributed by atoms with van der Waals surface area (Å²) in [5.74, 6) is 1.02. The summed E-state index contributed by atoms with van der Waals surface area (Å²) >= 11 is 0. The maximum Gasteiger partial charge on any atom is 0.0993 e. The van der Waals surface area contributed by atoms with Gasteiger partial charge in [0.25, 0.3) is 0 Å². The SMILES string of the molecule is CCc1nn(C)cc1C1(O)C2CCCCC21. The molecule has 88 valence electrons. The van der Waals surface area contributed by atoms with E-state index in [0.29, 0.717) is 11.8 Å². The summed E-state index contributed by atoms with van der Waals surface area (Å²) in [6.07, 6.45) is 7.89. The van der Waals surface area contributed by atoms with Gasteiger partial charge in [-0.2, -0.15) is 5.10 Å². The Kier molecular flexibility index (Phi) is 2.15. The minimum Gasteiger partial charge on any atom is -0.384 e. The molecule has 3 heteroatoms. The van der Waals surface area contributed by atoms with Crippen LogP contribution in [0.2, 0.25) is 0 Å². The quantitative estimate of drug-likeness (QED) is 0.827. The second kappa shape index (κ2) is 3.33. The molecule has 2 aliphatic rings. The first kappa shape index (κ1) is 10.3. The highest BCUT2D eigenvalue weighted by molar-refractivity contribution is 5.35. The van der Waals surface area contributed by atoms with Crippen molar-refractivity contribution in [3.8, 4) is 0 Å². The van der Waals surface area contributed by atoms with Gasteiger partial charge in [-0.15, -0.1) is 0 Å². The minimum atomic E-state index is -0.532. The van der Waals surface area contributed by atoms with Crippen LogP contribution in [0.15, 0.2) is 6.20 Å². The van der Waals surface area contributed by atoms with Crippen LogP contribution in [0.1, 0.15) is 43.9 Å². The van der Waals surface area contributed by atoms with Gasteiger partial charge in [-0.05, 0) is 31.1 Å². The number of aromatic nitrogens is 2. The molecule has 3 nitrogen and oxygen atoms in total. The van der Waals surface area contributed by atoms with Crippen LogP contribution in [0.5, 0.6) is 0 Å². The van der Waals surface area contributed by atoms with Crippen LogP contribution < -0.4 is 0 Å². The van der Waals surface area contributed by atoms with E-state index in [9.17, 15) is 5.11 Å². The number of nitrogens with zero attached hydrogens (tertiary/aromatic N) is 2. The molecule has 0 amide bonds. The van der Waals surface area contributed by atoms with Crippen molar-refractivity contribution in [1.82, 2.24) is 9.78 Å². The van der Waals surface area contributed by atoms with E-state index in [0.717, 1.165) is 17.7 Å². The summed E-state index contributed by atoms with van der Waals surface area (Å²) < 4.78 is 1.84. The van der Waals surface area contributed by atoms with Gasteiger partial charge < -0.3 is 5.11 Å². The third kappa shape index (κ3) is 1.21. The molecule has 0 spiro atoms. The first-order valence-electron chi connectivity index (χ1n) is 6.43. The third-order valence-electron chi connectivity index (χ3n) is 4.46. The van der Waals surface area contributed by atoms with E-state index in [1.165, 1.54) is 25.7 Å². The Morgan fingerprint density at radius 1 is 1.44 bits per heavy atom. The van der Waals surface area contributed by atoms with Gasteiger partial charge in [0.1, 0.15) is 0 Å². The van der Waals surface area contributed by atoms with Crippen molar-refractivity contribution < 1.29 is 5.11 Å². The van der Waals surface area contributed by atoms with Crippen molar-refractivity contribution in [2.24, 2.45) is 18.9 Å². The third-order valence-corrected chi connectivity index (χ3v) is 4.46. The molecule has 3 rings (SSSR count). The second-order valence-corrected chi connectivity index (χ2v) is 5.34. The molecule has 0 bridgehead atoms. The van der Waals surface area contributed by atoms with Gasteiger partial charge >= 0.3 is 0 Å². The average Bonchev–Trinajstić information content (AvgIpc) is 2.72. The summed E-state index contributed by atoms with van der Waals surface area (Å²) in [4.78, 5) is 0. The fourth-order valence-corrected chi connectivity index (χ4v) is 3.62. The van der Waals surface area contributed by atoms with Crippen LogP contribution in [0, 0.1) is 11.8 Å². The Morgan fingerprint density at radius 2 is 2.06 bits per heavy atom. The molecule has 2 aliphatic carbocycles. The molecule has 0 radical (unpaired) electrons. The monoisotopic (exact) mass is 220 g/mol. The maximum atomic E-state index is 10.8. The predicted molar refractivity (Wildman–Crippen MR) is 61.9 cm³/mol. The van der Waals surface area contributed by atoms with Gasteiger partial charge in [0.2, 0.25) is 0 Å². The first-order chi connectivity index (χ1) is 7.67. The van der Waals surface area contributed by atoms with Gasteiger partial charge in [-0.25, -0.2) is 0 Å². The van der Waals surface area contributed by atoms with Crippen LogP contribution in [-0.4, -0.2) is 14.9 Å². The molecule has 0 saturated heterocycles. The summed E-state index contributed by atoms with van der Waals surface area (Å²) in [5.41, 5.74) is 1.66. The lowest BCUT2D eigenvalue weighted by Gasteiger charge is -2.09. The molecule has 2 saturated carbocycles. The van der Waals surface area contributed by atoms with E-state index in [1.807, 2.05) is 17.9 Å². The number of rotatable bonds is 2. The Morgan fingerprint density at radius 3 is 2.62 bits per heavy atom. The molecule has 1 heterocycles. The molecular weight excluding hydrogens is 200 g/mol. The van der Waals surface area contributed by atoms with Crippen molar-refractivity contribution in [1.29, 1.82) is 0 Å². The smallest absolute Gasteiger partial charge is 0.0993 e. The van der Waals surface area contributed by atoms with Crippen LogP contribution >= 0.6 is 0 Å².